The van der Waals surface area contributed by atoms with Crippen molar-refractivity contribution in [3.63, 3.8) is 0 Å². The zero-order valence-electron chi connectivity index (χ0n) is 13.5. The van der Waals surface area contributed by atoms with Crippen molar-refractivity contribution in [1.82, 2.24) is 10.6 Å². The van der Waals surface area contributed by atoms with E-state index in [0.717, 1.165) is 0 Å². The maximum Gasteiger partial charge on any atom is 0.412 e. The minimum atomic E-state index is -0.514. The number of amides is 2. The molecule has 0 bridgehead atoms. The number of hydrogen-bond acceptors (Lipinski definition) is 4. The van der Waals surface area contributed by atoms with E-state index < -0.39 is 6.09 Å². The van der Waals surface area contributed by atoms with Crippen LogP contribution < -0.4 is 20.1 Å². The third kappa shape index (κ3) is 5.64. The molecule has 0 spiro atoms. The lowest BCUT2D eigenvalue weighted by Gasteiger charge is -2.08. The molecule has 2 aromatic rings. The molecule has 24 heavy (non-hydrogen) atoms. The van der Waals surface area contributed by atoms with Gasteiger partial charge in [-0.05, 0) is 36.8 Å². The number of rotatable bonds is 7. The average Bonchev–Trinajstić information content (AvgIpc) is 2.62. The maximum atomic E-state index is 12.0. The molecule has 0 atom stereocenters. The molecule has 0 saturated heterocycles. The van der Waals surface area contributed by atoms with Crippen LogP contribution in [0, 0.1) is 0 Å². The summed E-state index contributed by atoms with van der Waals surface area (Å²) in [6.45, 7) is 0.853. The molecule has 0 radical (unpaired) electrons. The second-order valence-corrected chi connectivity index (χ2v) is 4.97. The van der Waals surface area contributed by atoms with Crippen LogP contribution in [0.4, 0.5) is 4.79 Å². The van der Waals surface area contributed by atoms with Crippen LogP contribution >= 0.6 is 0 Å². The van der Waals surface area contributed by atoms with Crippen molar-refractivity contribution in [3.8, 4) is 11.5 Å². The molecule has 0 aromatic heterocycles. The van der Waals surface area contributed by atoms with E-state index in [0.29, 0.717) is 36.6 Å². The molecular weight excluding hydrogens is 308 g/mol. The maximum absolute atomic E-state index is 12.0. The van der Waals surface area contributed by atoms with E-state index in [2.05, 4.69) is 10.6 Å². The Morgan fingerprint density at radius 1 is 0.917 bits per heavy atom. The first-order valence-corrected chi connectivity index (χ1v) is 7.62. The molecule has 0 fully saturated rings. The minimum absolute atomic E-state index is 0.180. The fourth-order valence-corrected chi connectivity index (χ4v) is 1.98. The van der Waals surface area contributed by atoms with Crippen LogP contribution in [-0.4, -0.2) is 32.2 Å². The van der Waals surface area contributed by atoms with Gasteiger partial charge in [0, 0.05) is 18.7 Å². The van der Waals surface area contributed by atoms with E-state index in [1.54, 1.807) is 55.6 Å². The minimum Gasteiger partial charge on any atom is -0.497 e. The highest BCUT2D eigenvalue weighted by atomic mass is 16.6. The van der Waals surface area contributed by atoms with Crippen molar-refractivity contribution < 1.29 is 19.1 Å². The summed E-state index contributed by atoms with van der Waals surface area (Å²) in [5.74, 6) is 0.940. The molecule has 2 aromatic carbocycles. The summed E-state index contributed by atoms with van der Waals surface area (Å²) in [6.07, 6.45) is 0.0832. The Morgan fingerprint density at radius 2 is 1.62 bits per heavy atom. The largest absolute Gasteiger partial charge is 0.497 e. The molecule has 0 saturated carbocycles. The topological polar surface area (TPSA) is 76.7 Å². The molecule has 0 aliphatic heterocycles. The smallest absolute Gasteiger partial charge is 0.412 e. The standard InChI is InChI=1S/C18H20N2O4/c1-23-16-10-5-7-14(13-16)17(21)19-11-6-12-20-18(22)24-15-8-3-2-4-9-15/h2-5,7-10,13H,6,11-12H2,1H3,(H,19,21)(H,20,22). The van der Waals surface area contributed by atoms with E-state index in [4.69, 9.17) is 9.47 Å². The van der Waals surface area contributed by atoms with Crippen molar-refractivity contribution in [2.45, 2.75) is 6.42 Å². The Bertz CT molecular complexity index is 674. The molecule has 0 aliphatic carbocycles. The third-order valence-corrected chi connectivity index (χ3v) is 3.19. The Labute approximate surface area is 140 Å². The van der Waals surface area contributed by atoms with Gasteiger partial charge in [0.1, 0.15) is 11.5 Å². The van der Waals surface area contributed by atoms with Gasteiger partial charge in [-0.2, -0.15) is 0 Å². The highest BCUT2D eigenvalue weighted by molar-refractivity contribution is 5.94. The summed E-state index contributed by atoms with van der Waals surface area (Å²) in [5.41, 5.74) is 0.533. The number of carbonyl (C=O) groups is 2. The zero-order chi connectivity index (χ0) is 17.2. The van der Waals surface area contributed by atoms with Gasteiger partial charge < -0.3 is 20.1 Å². The number of para-hydroxylation sites is 1. The van der Waals surface area contributed by atoms with E-state index >= 15 is 0 Å². The van der Waals surface area contributed by atoms with E-state index in [-0.39, 0.29) is 5.91 Å². The van der Waals surface area contributed by atoms with Gasteiger partial charge >= 0.3 is 6.09 Å². The van der Waals surface area contributed by atoms with Crippen LogP contribution in [0.3, 0.4) is 0 Å². The molecule has 2 amide bonds. The molecule has 126 valence electrons. The number of nitrogens with one attached hydrogen (secondary N) is 2. The summed E-state index contributed by atoms with van der Waals surface area (Å²) < 4.78 is 10.2. The van der Waals surface area contributed by atoms with Gasteiger partial charge in [0.05, 0.1) is 7.11 Å². The fraction of sp³-hybridized carbons (Fsp3) is 0.222. The van der Waals surface area contributed by atoms with Crippen molar-refractivity contribution in [2.75, 3.05) is 20.2 Å². The van der Waals surface area contributed by atoms with Gasteiger partial charge in [0.25, 0.3) is 5.91 Å². The Hall–Kier alpha value is -3.02. The van der Waals surface area contributed by atoms with Crippen LogP contribution in [0.2, 0.25) is 0 Å². The summed E-state index contributed by atoms with van der Waals surface area (Å²) >= 11 is 0. The predicted molar refractivity (Wildman–Crippen MR) is 90.4 cm³/mol. The lowest BCUT2D eigenvalue weighted by Crippen LogP contribution is -2.31. The average molecular weight is 328 g/mol. The van der Waals surface area contributed by atoms with Gasteiger partial charge in [0.15, 0.2) is 0 Å². The molecule has 6 nitrogen and oxygen atoms in total. The van der Waals surface area contributed by atoms with Crippen molar-refractivity contribution >= 4 is 12.0 Å². The number of ether oxygens (including phenoxy) is 2. The molecule has 6 heteroatoms. The van der Waals surface area contributed by atoms with Crippen LogP contribution in [0.25, 0.3) is 0 Å². The second kappa shape index (κ2) is 9.19. The van der Waals surface area contributed by atoms with Gasteiger partial charge in [-0.15, -0.1) is 0 Å². The first-order chi connectivity index (χ1) is 11.7. The van der Waals surface area contributed by atoms with Crippen molar-refractivity contribution in [2.24, 2.45) is 0 Å². The lowest BCUT2D eigenvalue weighted by molar-refractivity contribution is 0.0953. The number of hydrogen-bond donors (Lipinski definition) is 2. The quantitative estimate of drug-likeness (QED) is 0.766. The van der Waals surface area contributed by atoms with Crippen molar-refractivity contribution in [3.05, 3.63) is 60.2 Å². The Morgan fingerprint density at radius 3 is 2.38 bits per heavy atom. The first-order valence-electron chi connectivity index (χ1n) is 7.62. The molecule has 2 N–H and O–H groups in total. The summed E-state index contributed by atoms with van der Waals surface area (Å²) in [4.78, 5) is 23.5. The predicted octanol–water partition coefficient (Wildman–Crippen LogP) is 2.60. The van der Waals surface area contributed by atoms with Gasteiger partial charge in [0.2, 0.25) is 0 Å². The highest BCUT2D eigenvalue weighted by Crippen LogP contribution is 2.12. The highest BCUT2D eigenvalue weighted by Gasteiger charge is 2.06. The van der Waals surface area contributed by atoms with Crippen LogP contribution in [0.5, 0.6) is 11.5 Å². The van der Waals surface area contributed by atoms with Gasteiger partial charge in [-0.25, -0.2) is 4.79 Å². The van der Waals surface area contributed by atoms with Crippen LogP contribution in [0.15, 0.2) is 54.6 Å². The van der Waals surface area contributed by atoms with Crippen molar-refractivity contribution in [1.29, 1.82) is 0 Å². The third-order valence-electron chi connectivity index (χ3n) is 3.19. The Balaban J connectivity index is 1.64. The molecule has 0 aliphatic rings. The van der Waals surface area contributed by atoms with Crippen LogP contribution in [0.1, 0.15) is 16.8 Å². The number of carbonyl (C=O) groups excluding carboxylic acids is 2. The summed E-state index contributed by atoms with van der Waals surface area (Å²) in [5, 5.41) is 5.42. The monoisotopic (exact) mass is 328 g/mol. The Kier molecular flexibility index (Phi) is 6.64. The van der Waals surface area contributed by atoms with Crippen LogP contribution in [-0.2, 0) is 0 Å². The molecular formula is C18H20N2O4. The summed E-state index contributed by atoms with van der Waals surface area (Å²) in [6, 6.07) is 15.7. The first kappa shape index (κ1) is 17.3. The summed E-state index contributed by atoms with van der Waals surface area (Å²) in [7, 11) is 1.55. The molecule has 2 rings (SSSR count). The van der Waals surface area contributed by atoms with E-state index in [9.17, 15) is 9.59 Å². The number of benzene rings is 2. The second-order valence-electron chi connectivity index (χ2n) is 4.97. The van der Waals surface area contributed by atoms with E-state index in [1.807, 2.05) is 6.07 Å². The fourth-order valence-electron chi connectivity index (χ4n) is 1.98. The van der Waals surface area contributed by atoms with Gasteiger partial charge in [-0.3, -0.25) is 4.79 Å². The number of methoxy groups -OCH3 is 1. The lowest BCUT2D eigenvalue weighted by atomic mass is 10.2. The SMILES string of the molecule is COc1cccc(C(=O)NCCCNC(=O)Oc2ccccc2)c1. The van der Waals surface area contributed by atoms with Gasteiger partial charge in [-0.1, -0.05) is 24.3 Å². The normalized spacial score (nSPS) is 9.88. The van der Waals surface area contributed by atoms with E-state index in [1.165, 1.54) is 0 Å². The zero-order valence-corrected chi connectivity index (χ0v) is 13.5. The molecule has 0 heterocycles. The molecule has 0 unspecified atom stereocenters.